The van der Waals surface area contributed by atoms with Crippen molar-refractivity contribution in [1.29, 1.82) is 0 Å². The van der Waals surface area contributed by atoms with E-state index in [4.69, 9.17) is 0 Å². The molecule has 1 fully saturated rings. The van der Waals surface area contributed by atoms with E-state index in [2.05, 4.69) is 27.6 Å². The minimum absolute atomic E-state index is 0.0429. The SMILES string of the molecule is CC(=O)CCCCC[C@H](NC(=O)C1CCN(C)CC1)C(=O)Nc1cnc2ccccc2c1. The Kier molecular flexibility index (Phi) is 8.73. The van der Waals surface area contributed by atoms with E-state index in [0.29, 0.717) is 18.5 Å². The number of carbonyl (C=O) groups excluding carboxylic acids is 3. The minimum Gasteiger partial charge on any atom is -0.344 e. The highest BCUT2D eigenvalue weighted by atomic mass is 16.2. The summed E-state index contributed by atoms with van der Waals surface area (Å²) in [6.07, 6.45) is 6.79. The Morgan fingerprint density at radius 1 is 1.12 bits per heavy atom. The van der Waals surface area contributed by atoms with E-state index < -0.39 is 6.04 Å². The Labute approximate surface area is 190 Å². The number of hydrogen-bond acceptors (Lipinski definition) is 5. The quantitative estimate of drug-likeness (QED) is 0.554. The van der Waals surface area contributed by atoms with Crippen LogP contribution in [-0.4, -0.2) is 53.7 Å². The number of para-hydroxylation sites is 1. The number of anilines is 1. The van der Waals surface area contributed by atoms with E-state index in [1.165, 1.54) is 0 Å². The van der Waals surface area contributed by atoms with Gasteiger partial charge in [0.1, 0.15) is 11.8 Å². The van der Waals surface area contributed by atoms with E-state index in [-0.39, 0.29) is 23.5 Å². The van der Waals surface area contributed by atoms with Gasteiger partial charge in [-0.1, -0.05) is 31.0 Å². The van der Waals surface area contributed by atoms with Crippen molar-refractivity contribution in [3.8, 4) is 0 Å². The van der Waals surface area contributed by atoms with Gasteiger partial charge >= 0.3 is 0 Å². The predicted molar refractivity (Wildman–Crippen MR) is 126 cm³/mol. The van der Waals surface area contributed by atoms with E-state index in [9.17, 15) is 14.4 Å². The lowest BCUT2D eigenvalue weighted by Gasteiger charge is -2.29. The van der Waals surface area contributed by atoms with Crippen molar-refractivity contribution in [3.05, 3.63) is 36.5 Å². The Morgan fingerprint density at radius 3 is 2.62 bits per heavy atom. The van der Waals surface area contributed by atoms with Crippen LogP contribution in [-0.2, 0) is 14.4 Å². The lowest BCUT2D eigenvalue weighted by molar-refractivity contribution is -0.130. The fourth-order valence-corrected chi connectivity index (χ4v) is 4.10. The number of ketones is 1. The molecular formula is C25H34N4O3. The van der Waals surface area contributed by atoms with Crippen LogP contribution >= 0.6 is 0 Å². The Hall–Kier alpha value is -2.80. The number of fused-ring (bicyclic) bond motifs is 1. The van der Waals surface area contributed by atoms with Gasteiger partial charge in [0, 0.05) is 17.7 Å². The number of nitrogens with zero attached hydrogens (tertiary/aromatic N) is 2. The minimum atomic E-state index is -0.606. The molecule has 7 heteroatoms. The molecule has 1 aromatic heterocycles. The van der Waals surface area contributed by atoms with Crippen molar-refractivity contribution in [2.75, 3.05) is 25.5 Å². The highest BCUT2D eigenvalue weighted by molar-refractivity contribution is 5.98. The van der Waals surface area contributed by atoms with Gasteiger partial charge in [-0.2, -0.15) is 0 Å². The molecule has 3 rings (SSSR count). The summed E-state index contributed by atoms with van der Waals surface area (Å²) in [6, 6.07) is 9.02. The molecule has 0 bridgehead atoms. The van der Waals surface area contributed by atoms with Gasteiger partial charge in [0.25, 0.3) is 0 Å². The van der Waals surface area contributed by atoms with E-state index >= 15 is 0 Å². The van der Waals surface area contributed by atoms with Gasteiger partial charge in [-0.05, 0) is 64.9 Å². The number of amides is 2. The maximum Gasteiger partial charge on any atom is 0.246 e. The van der Waals surface area contributed by atoms with Crippen LogP contribution in [0.25, 0.3) is 10.9 Å². The molecule has 0 saturated carbocycles. The van der Waals surface area contributed by atoms with Crippen LogP contribution in [0.1, 0.15) is 51.9 Å². The third-order valence-corrected chi connectivity index (χ3v) is 6.10. The van der Waals surface area contributed by atoms with Crippen LogP contribution in [0.5, 0.6) is 0 Å². The summed E-state index contributed by atoms with van der Waals surface area (Å²) >= 11 is 0. The lowest BCUT2D eigenvalue weighted by atomic mass is 9.95. The van der Waals surface area contributed by atoms with Crippen LogP contribution in [0.3, 0.4) is 0 Å². The molecule has 0 spiro atoms. The normalized spacial score (nSPS) is 15.9. The topological polar surface area (TPSA) is 91.4 Å². The molecule has 1 aliphatic rings. The summed E-state index contributed by atoms with van der Waals surface area (Å²) in [5.74, 6) is -0.145. The molecule has 1 aliphatic heterocycles. The number of Topliss-reactive ketones (excluding diaryl/α,β-unsaturated/α-hetero) is 1. The maximum absolute atomic E-state index is 13.1. The number of pyridine rings is 1. The summed E-state index contributed by atoms with van der Waals surface area (Å²) < 4.78 is 0. The van der Waals surface area contributed by atoms with Crippen molar-refractivity contribution >= 4 is 34.2 Å². The molecule has 0 radical (unpaired) electrons. The molecule has 2 aromatic rings. The predicted octanol–water partition coefficient (Wildman–Crippen LogP) is 3.54. The van der Waals surface area contributed by atoms with Crippen LogP contribution in [0.15, 0.2) is 36.5 Å². The third-order valence-electron chi connectivity index (χ3n) is 6.10. The van der Waals surface area contributed by atoms with Crippen LogP contribution < -0.4 is 10.6 Å². The monoisotopic (exact) mass is 438 g/mol. The zero-order chi connectivity index (χ0) is 22.9. The number of aromatic nitrogens is 1. The standard InChI is InChI=1S/C25H34N4O3/c1-18(30)8-4-3-5-11-23(28-24(31)19-12-14-29(2)15-13-19)25(32)27-21-16-20-9-6-7-10-22(20)26-17-21/h6-7,9-10,16-17,19,23H,3-5,8,11-15H2,1-2H3,(H,27,32)(H,28,31)/t23-/m0/s1. The third kappa shape index (κ3) is 7.12. The molecule has 2 N–H and O–H groups in total. The van der Waals surface area contributed by atoms with E-state index in [1.54, 1.807) is 13.1 Å². The Morgan fingerprint density at radius 2 is 1.88 bits per heavy atom. The molecule has 0 aliphatic carbocycles. The van der Waals surface area contributed by atoms with Gasteiger partial charge in [0.05, 0.1) is 17.4 Å². The number of carbonyl (C=O) groups is 3. The summed E-state index contributed by atoms with van der Waals surface area (Å²) in [4.78, 5) is 43.7. The first-order chi connectivity index (χ1) is 15.4. The lowest BCUT2D eigenvalue weighted by Crippen LogP contribution is -2.48. The molecule has 7 nitrogen and oxygen atoms in total. The summed E-state index contributed by atoms with van der Waals surface area (Å²) in [6.45, 7) is 3.38. The number of benzene rings is 1. The highest BCUT2D eigenvalue weighted by Crippen LogP contribution is 2.19. The zero-order valence-electron chi connectivity index (χ0n) is 19.1. The number of piperidine rings is 1. The molecule has 0 unspecified atom stereocenters. The fraction of sp³-hybridized carbons (Fsp3) is 0.520. The van der Waals surface area contributed by atoms with Crippen LogP contribution in [0, 0.1) is 5.92 Å². The Balaban J connectivity index is 1.62. The van der Waals surface area contributed by atoms with Crippen molar-refractivity contribution in [1.82, 2.24) is 15.2 Å². The van der Waals surface area contributed by atoms with Gasteiger partial charge in [0.2, 0.25) is 11.8 Å². The molecule has 172 valence electrons. The van der Waals surface area contributed by atoms with E-state index in [0.717, 1.165) is 56.1 Å². The van der Waals surface area contributed by atoms with Gasteiger partial charge in [-0.3, -0.25) is 14.6 Å². The molecular weight excluding hydrogens is 404 g/mol. The van der Waals surface area contributed by atoms with Crippen LogP contribution in [0.4, 0.5) is 5.69 Å². The summed E-state index contributed by atoms with van der Waals surface area (Å²) in [5.41, 5.74) is 1.48. The first-order valence-corrected chi connectivity index (χ1v) is 11.6. The van der Waals surface area contributed by atoms with Gasteiger partial charge in [-0.25, -0.2) is 0 Å². The number of hydrogen-bond donors (Lipinski definition) is 2. The molecule has 32 heavy (non-hydrogen) atoms. The fourth-order valence-electron chi connectivity index (χ4n) is 4.10. The summed E-state index contributed by atoms with van der Waals surface area (Å²) in [7, 11) is 2.06. The van der Waals surface area contributed by atoms with E-state index in [1.807, 2.05) is 30.3 Å². The smallest absolute Gasteiger partial charge is 0.246 e. The largest absolute Gasteiger partial charge is 0.344 e. The Bertz CT molecular complexity index is 938. The number of rotatable bonds is 10. The number of likely N-dealkylation sites (tertiary alicyclic amines) is 1. The molecule has 2 amide bonds. The second kappa shape index (κ2) is 11.7. The summed E-state index contributed by atoms with van der Waals surface area (Å²) in [5, 5.41) is 6.88. The molecule has 2 heterocycles. The number of unbranched alkanes of at least 4 members (excludes halogenated alkanes) is 2. The van der Waals surface area contributed by atoms with Crippen molar-refractivity contribution in [2.45, 2.75) is 57.9 Å². The second-order valence-electron chi connectivity index (χ2n) is 8.85. The van der Waals surface area contributed by atoms with Gasteiger partial charge < -0.3 is 20.3 Å². The van der Waals surface area contributed by atoms with Crippen molar-refractivity contribution in [2.24, 2.45) is 5.92 Å². The average Bonchev–Trinajstić information content (AvgIpc) is 2.78. The number of nitrogens with one attached hydrogen (secondary N) is 2. The highest BCUT2D eigenvalue weighted by Gasteiger charge is 2.27. The van der Waals surface area contributed by atoms with Crippen molar-refractivity contribution < 1.29 is 14.4 Å². The molecule has 1 aromatic carbocycles. The zero-order valence-corrected chi connectivity index (χ0v) is 19.1. The average molecular weight is 439 g/mol. The molecule has 1 atom stereocenters. The first-order valence-electron chi connectivity index (χ1n) is 11.6. The maximum atomic E-state index is 13.1. The van der Waals surface area contributed by atoms with Gasteiger partial charge in [-0.15, -0.1) is 0 Å². The second-order valence-corrected chi connectivity index (χ2v) is 8.85. The van der Waals surface area contributed by atoms with Crippen LogP contribution in [0.2, 0.25) is 0 Å². The first kappa shape index (κ1) is 23.9. The molecule has 1 saturated heterocycles. The van der Waals surface area contributed by atoms with Crippen molar-refractivity contribution in [3.63, 3.8) is 0 Å². The van der Waals surface area contributed by atoms with Gasteiger partial charge in [0.15, 0.2) is 0 Å².